The third kappa shape index (κ3) is 4.34. The van der Waals surface area contributed by atoms with Crippen LogP contribution in [0, 0.1) is 0 Å². The average molecular weight is 287 g/mol. The summed E-state index contributed by atoms with van der Waals surface area (Å²) in [7, 11) is 0. The van der Waals surface area contributed by atoms with Gasteiger partial charge in [0.2, 0.25) is 5.91 Å². The van der Waals surface area contributed by atoms with E-state index < -0.39 is 0 Å². The molecule has 0 aliphatic carbocycles. The smallest absolute Gasteiger partial charge is 0.224 e. The lowest BCUT2D eigenvalue weighted by Crippen LogP contribution is -2.27. The highest BCUT2D eigenvalue weighted by Gasteiger charge is 2.05. The fourth-order valence-corrected chi connectivity index (χ4v) is 1.86. The lowest BCUT2D eigenvalue weighted by molar-refractivity contribution is -0.120. The number of oxime groups is 1. The van der Waals surface area contributed by atoms with Gasteiger partial charge in [-0.1, -0.05) is 29.4 Å². The second-order valence-corrected chi connectivity index (χ2v) is 4.54. The van der Waals surface area contributed by atoms with Crippen molar-refractivity contribution in [1.82, 2.24) is 15.3 Å². The summed E-state index contributed by atoms with van der Waals surface area (Å²) >= 11 is 0. The Bertz CT molecular complexity index is 605. The van der Waals surface area contributed by atoms with Gasteiger partial charge in [-0.15, -0.1) is 0 Å². The van der Waals surface area contributed by atoms with Gasteiger partial charge in [0, 0.05) is 30.4 Å². The zero-order valence-corrected chi connectivity index (χ0v) is 11.4. The molecule has 7 heteroatoms. The number of amides is 1. The highest BCUT2D eigenvalue weighted by molar-refractivity contribution is 5.97. The number of H-pyrrole nitrogens is 1. The number of rotatable bonds is 6. The van der Waals surface area contributed by atoms with Crippen LogP contribution in [0.5, 0.6) is 0 Å². The van der Waals surface area contributed by atoms with Crippen molar-refractivity contribution < 1.29 is 10.0 Å². The Morgan fingerprint density at radius 3 is 2.76 bits per heavy atom. The molecule has 110 valence electrons. The van der Waals surface area contributed by atoms with Crippen molar-refractivity contribution in [3.63, 3.8) is 0 Å². The quantitative estimate of drug-likeness (QED) is 0.266. The number of hydrogen-bond acceptors (Lipinski definition) is 4. The molecule has 1 heterocycles. The zero-order chi connectivity index (χ0) is 15.1. The van der Waals surface area contributed by atoms with Gasteiger partial charge in [-0.2, -0.15) is 0 Å². The Balaban J connectivity index is 1.79. The third-order valence-electron chi connectivity index (χ3n) is 2.99. The summed E-state index contributed by atoms with van der Waals surface area (Å²) in [5.41, 5.74) is 7.93. The first-order chi connectivity index (χ1) is 10.2. The standard InChI is InChI=1S/C14H17N5O2/c15-14(19-21)11-3-1-10(2-4-11)7-13(20)17-6-5-12-8-16-9-18-12/h1-4,8-9,21H,5-7H2,(H2,15,19)(H,16,18)(H,17,20). The summed E-state index contributed by atoms with van der Waals surface area (Å²) < 4.78 is 0. The molecule has 7 nitrogen and oxygen atoms in total. The number of benzene rings is 1. The molecule has 0 spiro atoms. The first-order valence-corrected chi connectivity index (χ1v) is 6.50. The van der Waals surface area contributed by atoms with Crippen LogP contribution in [0.25, 0.3) is 0 Å². The lowest BCUT2D eigenvalue weighted by atomic mass is 10.1. The van der Waals surface area contributed by atoms with E-state index in [2.05, 4.69) is 20.4 Å². The van der Waals surface area contributed by atoms with E-state index >= 15 is 0 Å². The van der Waals surface area contributed by atoms with E-state index in [1.165, 1.54) is 0 Å². The maximum absolute atomic E-state index is 11.8. The largest absolute Gasteiger partial charge is 0.409 e. The van der Waals surface area contributed by atoms with Gasteiger partial charge in [-0.25, -0.2) is 4.98 Å². The number of amidine groups is 1. The molecule has 0 fully saturated rings. The summed E-state index contributed by atoms with van der Waals surface area (Å²) in [5.74, 6) is -0.00313. The van der Waals surface area contributed by atoms with Gasteiger partial charge in [-0.05, 0) is 5.56 Å². The van der Waals surface area contributed by atoms with Crippen LogP contribution in [0.15, 0.2) is 41.9 Å². The van der Waals surface area contributed by atoms with Gasteiger partial charge in [0.15, 0.2) is 5.84 Å². The van der Waals surface area contributed by atoms with E-state index in [1.807, 2.05) is 0 Å². The zero-order valence-electron chi connectivity index (χ0n) is 11.4. The van der Waals surface area contributed by atoms with Crippen molar-refractivity contribution in [2.45, 2.75) is 12.8 Å². The highest BCUT2D eigenvalue weighted by Crippen LogP contribution is 2.05. The van der Waals surface area contributed by atoms with Crippen LogP contribution in [0.4, 0.5) is 0 Å². The lowest BCUT2D eigenvalue weighted by Gasteiger charge is -2.05. The number of nitrogens with two attached hydrogens (primary N) is 1. The van der Waals surface area contributed by atoms with Crippen LogP contribution < -0.4 is 11.1 Å². The molecule has 2 aromatic rings. The Hall–Kier alpha value is -2.83. The van der Waals surface area contributed by atoms with Crippen molar-refractivity contribution in [3.8, 4) is 0 Å². The monoisotopic (exact) mass is 287 g/mol. The molecule has 0 saturated heterocycles. The predicted molar refractivity (Wildman–Crippen MR) is 78.0 cm³/mol. The first-order valence-electron chi connectivity index (χ1n) is 6.50. The molecule has 2 rings (SSSR count). The number of nitrogens with zero attached hydrogens (tertiary/aromatic N) is 2. The normalized spacial score (nSPS) is 11.3. The van der Waals surface area contributed by atoms with E-state index in [4.69, 9.17) is 10.9 Å². The number of hydrogen-bond donors (Lipinski definition) is 4. The van der Waals surface area contributed by atoms with Crippen molar-refractivity contribution in [2.75, 3.05) is 6.54 Å². The van der Waals surface area contributed by atoms with E-state index in [1.54, 1.807) is 36.8 Å². The summed E-state index contributed by atoms with van der Waals surface area (Å²) in [6, 6.07) is 6.98. The van der Waals surface area contributed by atoms with Crippen molar-refractivity contribution in [3.05, 3.63) is 53.6 Å². The Morgan fingerprint density at radius 1 is 1.38 bits per heavy atom. The minimum atomic E-state index is -0.0499. The van der Waals surface area contributed by atoms with Crippen molar-refractivity contribution >= 4 is 11.7 Å². The number of carbonyl (C=O) groups is 1. The first kappa shape index (κ1) is 14.6. The summed E-state index contributed by atoms with van der Waals surface area (Å²) in [6.45, 7) is 0.559. The van der Waals surface area contributed by atoms with Gasteiger partial charge >= 0.3 is 0 Å². The van der Waals surface area contributed by atoms with Crippen LogP contribution in [0.2, 0.25) is 0 Å². The summed E-state index contributed by atoms with van der Waals surface area (Å²) in [6.07, 6.45) is 4.35. The molecule has 0 bridgehead atoms. The fraction of sp³-hybridized carbons (Fsp3) is 0.214. The van der Waals surface area contributed by atoms with Crippen molar-refractivity contribution in [2.24, 2.45) is 10.9 Å². The van der Waals surface area contributed by atoms with Gasteiger partial charge in [-0.3, -0.25) is 4.79 Å². The second-order valence-electron chi connectivity index (χ2n) is 4.54. The second kappa shape index (κ2) is 7.09. The summed E-state index contributed by atoms with van der Waals surface area (Å²) in [4.78, 5) is 18.7. The maximum Gasteiger partial charge on any atom is 0.224 e. The molecule has 5 N–H and O–H groups in total. The van der Waals surface area contributed by atoms with Gasteiger partial charge in [0.1, 0.15) is 0 Å². The Labute approximate surface area is 121 Å². The molecule has 0 saturated carbocycles. The molecule has 0 radical (unpaired) electrons. The molecule has 0 atom stereocenters. The third-order valence-corrected chi connectivity index (χ3v) is 2.99. The number of nitrogens with one attached hydrogen (secondary N) is 2. The van der Waals surface area contributed by atoms with Gasteiger partial charge < -0.3 is 21.2 Å². The number of aromatic nitrogens is 2. The SMILES string of the molecule is NC(=NO)c1ccc(CC(=O)NCCc2cnc[nH]2)cc1. The molecular formula is C14H17N5O2. The van der Waals surface area contributed by atoms with E-state index in [0.29, 0.717) is 24.9 Å². The topological polar surface area (TPSA) is 116 Å². The molecule has 21 heavy (non-hydrogen) atoms. The minimum absolute atomic E-state index is 0.0468. The van der Waals surface area contributed by atoms with Crippen LogP contribution in [-0.4, -0.2) is 33.5 Å². The highest BCUT2D eigenvalue weighted by atomic mass is 16.4. The predicted octanol–water partition coefficient (Wildman–Crippen LogP) is 0.406. The number of imidazole rings is 1. The average Bonchev–Trinajstić information content (AvgIpc) is 3.00. The molecule has 1 aromatic heterocycles. The van der Waals surface area contributed by atoms with E-state index in [9.17, 15) is 4.79 Å². The van der Waals surface area contributed by atoms with Crippen LogP contribution >= 0.6 is 0 Å². The molecule has 0 aliphatic rings. The minimum Gasteiger partial charge on any atom is -0.409 e. The molecule has 0 aliphatic heterocycles. The van der Waals surface area contributed by atoms with Gasteiger partial charge in [0.05, 0.1) is 12.7 Å². The van der Waals surface area contributed by atoms with E-state index in [-0.39, 0.29) is 11.7 Å². The maximum atomic E-state index is 11.8. The Morgan fingerprint density at radius 2 is 2.14 bits per heavy atom. The molecule has 1 aromatic carbocycles. The molecular weight excluding hydrogens is 270 g/mol. The van der Waals surface area contributed by atoms with E-state index in [0.717, 1.165) is 11.3 Å². The molecule has 0 unspecified atom stereocenters. The van der Waals surface area contributed by atoms with Crippen LogP contribution in [-0.2, 0) is 17.6 Å². The Kier molecular flexibility index (Phi) is 4.92. The van der Waals surface area contributed by atoms with Crippen LogP contribution in [0.3, 0.4) is 0 Å². The van der Waals surface area contributed by atoms with Crippen molar-refractivity contribution in [1.29, 1.82) is 0 Å². The number of aromatic amines is 1. The summed E-state index contributed by atoms with van der Waals surface area (Å²) in [5, 5.41) is 14.3. The van der Waals surface area contributed by atoms with Gasteiger partial charge in [0.25, 0.3) is 0 Å². The number of carbonyl (C=O) groups excluding carboxylic acids is 1. The van der Waals surface area contributed by atoms with Crippen LogP contribution in [0.1, 0.15) is 16.8 Å². The molecule has 1 amide bonds. The fourth-order valence-electron chi connectivity index (χ4n) is 1.86.